The molecule has 9 nitrogen and oxygen atoms in total. The first-order valence-electron chi connectivity index (χ1n) is 12.0. The van der Waals surface area contributed by atoms with Gasteiger partial charge in [-0.2, -0.15) is 0 Å². The molecule has 0 bridgehead atoms. The highest BCUT2D eigenvalue weighted by atomic mass is 35.5. The van der Waals surface area contributed by atoms with Crippen molar-refractivity contribution < 1.29 is 39.8 Å². The highest BCUT2D eigenvalue weighted by Gasteiger charge is 2.53. The molecule has 5 N–H and O–H groups in total. The van der Waals surface area contributed by atoms with Gasteiger partial charge in [0.15, 0.2) is 0 Å². The maximum Gasteiger partial charge on any atom is 0.222 e. The number of likely N-dealkylation sites (tertiary alicyclic amines) is 1. The Morgan fingerprint density at radius 1 is 1.11 bits per heavy atom. The van der Waals surface area contributed by atoms with Gasteiger partial charge in [-0.3, -0.25) is 4.79 Å². The number of amides is 1. The molecular weight excluding hydrogens is 490 g/mol. The molecule has 0 radical (unpaired) electrons. The summed E-state index contributed by atoms with van der Waals surface area (Å²) in [7, 11) is 0. The van der Waals surface area contributed by atoms with Gasteiger partial charge in [-0.25, -0.2) is 0 Å². The molecule has 196 valence electrons. The van der Waals surface area contributed by atoms with Gasteiger partial charge >= 0.3 is 0 Å². The molecule has 2 aliphatic heterocycles. The number of piperidine rings is 1. The molecule has 2 heterocycles. The standard InChI is InChI=1S/C26H32ClNO8/c1-15(30)28-10-8-20(9-11-28)35-19-5-2-16(3-6-19)12-17-13-18(4-7-21(17)27)26(34)25(33)24(32)23(31)22(14-29)36-26/h2-7,13,20,22-25,29,31-34H,8-12,14H2,1H3/t22-,23-,24+,25-,26-/m1/s1. The molecule has 2 fully saturated rings. The van der Waals surface area contributed by atoms with Crippen LogP contribution in [0.3, 0.4) is 0 Å². The van der Waals surface area contributed by atoms with Gasteiger partial charge < -0.3 is 39.9 Å². The van der Waals surface area contributed by atoms with E-state index in [4.69, 9.17) is 21.1 Å². The highest BCUT2D eigenvalue weighted by Crippen LogP contribution is 2.38. The van der Waals surface area contributed by atoms with Crippen molar-refractivity contribution in [2.75, 3.05) is 19.7 Å². The molecule has 1 amide bonds. The van der Waals surface area contributed by atoms with E-state index in [1.165, 1.54) is 6.07 Å². The molecule has 2 aliphatic rings. The second-order valence-corrected chi connectivity index (χ2v) is 9.82. The van der Waals surface area contributed by atoms with Gasteiger partial charge in [-0.1, -0.05) is 29.8 Å². The van der Waals surface area contributed by atoms with E-state index >= 15 is 0 Å². The van der Waals surface area contributed by atoms with E-state index in [-0.39, 0.29) is 17.6 Å². The van der Waals surface area contributed by atoms with Crippen LogP contribution in [0, 0.1) is 0 Å². The molecule has 2 aromatic rings. The SMILES string of the molecule is CC(=O)N1CCC(Oc2ccc(Cc3cc([C@@]4(O)O[C@H](CO)[C@@H](O)[C@H](O)[C@H]4O)ccc3Cl)cc2)CC1. The number of ether oxygens (including phenoxy) is 2. The number of nitrogens with zero attached hydrogens (tertiary/aromatic N) is 1. The summed E-state index contributed by atoms with van der Waals surface area (Å²) in [5, 5.41) is 51.6. The molecule has 10 heteroatoms. The Labute approximate surface area is 214 Å². The molecule has 0 saturated carbocycles. The van der Waals surface area contributed by atoms with Gasteiger partial charge in [0.2, 0.25) is 11.7 Å². The molecule has 0 spiro atoms. The Kier molecular flexibility index (Phi) is 8.21. The van der Waals surface area contributed by atoms with Crippen molar-refractivity contribution in [3.63, 3.8) is 0 Å². The summed E-state index contributed by atoms with van der Waals surface area (Å²) in [6.07, 6.45) is -4.38. The van der Waals surface area contributed by atoms with Crippen LogP contribution in [0.2, 0.25) is 5.02 Å². The quantitative estimate of drug-likeness (QED) is 0.378. The Morgan fingerprint density at radius 3 is 2.39 bits per heavy atom. The van der Waals surface area contributed by atoms with Crippen LogP contribution in [0.4, 0.5) is 0 Å². The lowest BCUT2D eigenvalue weighted by Gasteiger charge is -2.45. The summed E-state index contributed by atoms with van der Waals surface area (Å²) in [6.45, 7) is 2.30. The first kappa shape index (κ1) is 26.8. The van der Waals surface area contributed by atoms with Gasteiger partial charge in [0.05, 0.1) is 6.61 Å². The largest absolute Gasteiger partial charge is 0.490 e. The zero-order valence-corrected chi connectivity index (χ0v) is 20.7. The lowest BCUT2D eigenvalue weighted by Crippen LogP contribution is -2.63. The number of halogens is 1. The van der Waals surface area contributed by atoms with Crippen LogP contribution in [0.25, 0.3) is 0 Å². The molecule has 0 aromatic heterocycles. The van der Waals surface area contributed by atoms with Crippen molar-refractivity contribution in [1.82, 2.24) is 4.90 Å². The Hall–Kier alpha value is -2.24. The third-order valence-corrected chi connectivity index (χ3v) is 7.30. The fourth-order valence-electron chi connectivity index (χ4n) is 4.71. The van der Waals surface area contributed by atoms with Crippen molar-refractivity contribution in [3.05, 3.63) is 64.2 Å². The second kappa shape index (κ2) is 11.0. The second-order valence-electron chi connectivity index (χ2n) is 9.41. The third kappa shape index (κ3) is 5.52. The van der Waals surface area contributed by atoms with E-state index in [0.717, 1.165) is 24.2 Å². The number of aliphatic hydroxyl groups is 5. The van der Waals surface area contributed by atoms with Crippen LogP contribution < -0.4 is 4.74 Å². The lowest BCUT2D eigenvalue weighted by atomic mass is 9.87. The zero-order valence-electron chi connectivity index (χ0n) is 20.0. The van der Waals surface area contributed by atoms with E-state index < -0.39 is 36.8 Å². The van der Waals surface area contributed by atoms with E-state index in [0.29, 0.717) is 30.1 Å². The molecule has 5 atom stereocenters. The summed E-state index contributed by atoms with van der Waals surface area (Å²) in [5.74, 6) is -1.53. The summed E-state index contributed by atoms with van der Waals surface area (Å²) in [4.78, 5) is 13.3. The van der Waals surface area contributed by atoms with Gasteiger partial charge in [-0.15, -0.1) is 0 Å². The number of carbonyl (C=O) groups is 1. The van der Waals surface area contributed by atoms with Gasteiger partial charge in [0.1, 0.15) is 36.3 Å². The Bertz CT molecular complexity index is 1060. The van der Waals surface area contributed by atoms with Crippen LogP contribution >= 0.6 is 11.6 Å². The summed E-state index contributed by atoms with van der Waals surface area (Å²) in [5.41, 5.74) is 1.70. The zero-order chi connectivity index (χ0) is 26.0. The predicted molar refractivity (Wildman–Crippen MR) is 130 cm³/mol. The molecule has 2 aromatic carbocycles. The summed E-state index contributed by atoms with van der Waals surface area (Å²) >= 11 is 6.40. The molecule has 2 saturated heterocycles. The van der Waals surface area contributed by atoms with Crippen molar-refractivity contribution in [2.45, 2.75) is 62.5 Å². The van der Waals surface area contributed by atoms with Gasteiger partial charge in [-0.05, 0) is 41.8 Å². The van der Waals surface area contributed by atoms with Crippen molar-refractivity contribution >= 4 is 17.5 Å². The van der Waals surface area contributed by atoms with E-state index in [1.54, 1.807) is 19.1 Å². The van der Waals surface area contributed by atoms with E-state index in [9.17, 15) is 30.3 Å². The number of carbonyl (C=O) groups excluding carboxylic acids is 1. The molecular formula is C26H32ClNO8. The number of hydrogen-bond donors (Lipinski definition) is 5. The minimum absolute atomic E-state index is 0.0526. The lowest BCUT2D eigenvalue weighted by molar-refractivity contribution is -0.357. The fourth-order valence-corrected chi connectivity index (χ4v) is 4.90. The minimum Gasteiger partial charge on any atom is -0.490 e. The average Bonchev–Trinajstić information content (AvgIpc) is 2.87. The predicted octanol–water partition coefficient (Wildman–Crippen LogP) is 0.939. The van der Waals surface area contributed by atoms with Crippen molar-refractivity contribution in [2.24, 2.45) is 0 Å². The Balaban J connectivity index is 1.45. The number of benzene rings is 2. The van der Waals surface area contributed by atoms with Gasteiger partial charge in [0.25, 0.3) is 0 Å². The van der Waals surface area contributed by atoms with E-state index in [1.807, 2.05) is 29.2 Å². The molecule has 4 rings (SSSR count). The number of aliphatic hydroxyl groups excluding tert-OH is 4. The summed E-state index contributed by atoms with van der Waals surface area (Å²) < 4.78 is 11.5. The van der Waals surface area contributed by atoms with Crippen LogP contribution in [0.15, 0.2) is 42.5 Å². The fraction of sp³-hybridized carbons (Fsp3) is 0.500. The first-order valence-corrected chi connectivity index (χ1v) is 12.4. The normalized spacial score (nSPS) is 29.2. The van der Waals surface area contributed by atoms with E-state index in [2.05, 4.69) is 0 Å². The van der Waals surface area contributed by atoms with Crippen LogP contribution in [0.5, 0.6) is 5.75 Å². The summed E-state index contributed by atoms with van der Waals surface area (Å²) in [6, 6.07) is 12.1. The maximum absolute atomic E-state index is 11.5. The minimum atomic E-state index is -2.35. The Morgan fingerprint density at radius 2 is 1.78 bits per heavy atom. The number of hydrogen-bond acceptors (Lipinski definition) is 8. The maximum atomic E-state index is 11.5. The third-order valence-electron chi connectivity index (χ3n) is 6.93. The molecule has 0 aliphatic carbocycles. The average molecular weight is 522 g/mol. The monoisotopic (exact) mass is 521 g/mol. The van der Waals surface area contributed by atoms with Crippen molar-refractivity contribution in [1.29, 1.82) is 0 Å². The molecule has 36 heavy (non-hydrogen) atoms. The van der Waals surface area contributed by atoms with Gasteiger partial charge in [0, 0.05) is 43.4 Å². The van der Waals surface area contributed by atoms with Crippen LogP contribution in [-0.2, 0) is 21.7 Å². The topological polar surface area (TPSA) is 140 Å². The molecule has 0 unspecified atom stereocenters. The number of rotatable bonds is 6. The van der Waals surface area contributed by atoms with Crippen LogP contribution in [0.1, 0.15) is 36.5 Å². The smallest absolute Gasteiger partial charge is 0.222 e. The van der Waals surface area contributed by atoms with Crippen LogP contribution in [-0.4, -0.2) is 86.6 Å². The highest BCUT2D eigenvalue weighted by molar-refractivity contribution is 6.31. The van der Waals surface area contributed by atoms with Crippen molar-refractivity contribution in [3.8, 4) is 5.75 Å². The first-order chi connectivity index (χ1) is 17.1.